The molecule has 1 aliphatic carbocycles. The molecular formula is C19H31NO. The molecule has 3 unspecified atom stereocenters. The minimum atomic E-state index is 0.268. The van der Waals surface area contributed by atoms with Crippen molar-refractivity contribution in [2.24, 2.45) is 5.41 Å². The average Bonchev–Trinajstić information content (AvgIpc) is 2.46. The second-order valence-electron chi connectivity index (χ2n) is 7.15. The molecule has 2 rings (SSSR count). The monoisotopic (exact) mass is 289 g/mol. The van der Waals surface area contributed by atoms with Crippen molar-refractivity contribution in [1.82, 2.24) is 5.32 Å². The quantitative estimate of drug-likeness (QED) is 0.845. The summed E-state index contributed by atoms with van der Waals surface area (Å²) in [5, 5.41) is 3.50. The zero-order valence-corrected chi connectivity index (χ0v) is 14.3. The molecule has 0 spiro atoms. The van der Waals surface area contributed by atoms with Crippen molar-refractivity contribution in [1.29, 1.82) is 0 Å². The van der Waals surface area contributed by atoms with E-state index in [0.29, 0.717) is 17.4 Å². The molecular weight excluding hydrogens is 258 g/mol. The molecule has 1 N–H and O–H groups in total. The van der Waals surface area contributed by atoms with Gasteiger partial charge in [0.05, 0.1) is 0 Å². The van der Waals surface area contributed by atoms with E-state index in [0.717, 1.165) is 18.6 Å². The van der Waals surface area contributed by atoms with Crippen molar-refractivity contribution in [3.05, 3.63) is 29.8 Å². The third kappa shape index (κ3) is 3.60. The molecule has 21 heavy (non-hydrogen) atoms. The standard InChI is InChI=1S/C19H31NO/c1-6-14(2)15-10-7-8-11-16(15)21-17-12-9-13-19(3,4)18(17)20-5/h7-8,10-11,14,17-18,20H,6,9,12-13H2,1-5H3. The second-order valence-corrected chi connectivity index (χ2v) is 7.15. The van der Waals surface area contributed by atoms with Crippen LogP contribution < -0.4 is 10.1 Å². The summed E-state index contributed by atoms with van der Waals surface area (Å²) in [4.78, 5) is 0. The number of hydrogen-bond donors (Lipinski definition) is 1. The van der Waals surface area contributed by atoms with Crippen LogP contribution in [0.15, 0.2) is 24.3 Å². The molecule has 1 aromatic rings. The van der Waals surface area contributed by atoms with Gasteiger partial charge in [-0.25, -0.2) is 0 Å². The molecule has 0 radical (unpaired) electrons. The van der Waals surface area contributed by atoms with Gasteiger partial charge in [-0.15, -0.1) is 0 Å². The summed E-state index contributed by atoms with van der Waals surface area (Å²) >= 11 is 0. The molecule has 0 aromatic heterocycles. The first-order valence-corrected chi connectivity index (χ1v) is 8.42. The van der Waals surface area contributed by atoms with Crippen LogP contribution >= 0.6 is 0 Å². The van der Waals surface area contributed by atoms with Crippen LogP contribution in [0, 0.1) is 5.41 Å². The third-order valence-corrected chi connectivity index (χ3v) is 5.18. The summed E-state index contributed by atoms with van der Waals surface area (Å²) in [5.41, 5.74) is 1.64. The molecule has 118 valence electrons. The van der Waals surface area contributed by atoms with E-state index in [1.165, 1.54) is 18.4 Å². The van der Waals surface area contributed by atoms with Crippen molar-refractivity contribution in [2.45, 2.75) is 71.4 Å². The van der Waals surface area contributed by atoms with Gasteiger partial charge in [-0.05, 0) is 55.7 Å². The van der Waals surface area contributed by atoms with Gasteiger partial charge in [0.25, 0.3) is 0 Å². The van der Waals surface area contributed by atoms with E-state index in [2.05, 4.69) is 64.3 Å². The maximum atomic E-state index is 6.49. The van der Waals surface area contributed by atoms with Gasteiger partial charge in [-0.3, -0.25) is 0 Å². The molecule has 1 fully saturated rings. The molecule has 0 aliphatic heterocycles. The fourth-order valence-electron chi connectivity index (χ4n) is 3.67. The highest BCUT2D eigenvalue weighted by atomic mass is 16.5. The fourth-order valence-corrected chi connectivity index (χ4v) is 3.67. The van der Waals surface area contributed by atoms with E-state index < -0.39 is 0 Å². The molecule has 0 bridgehead atoms. The average molecular weight is 289 g/mol. The second kappa shape index (κ2) is 6.83. The Balaban J connectivity index is 2.21. The maximum Gasteiger partial charge on any atom is 0.123 e. The summed E-state index contributed by atoms with van der Waals surface area (Å²) in [6, 6.07) is 8.97. The summed E-state index contributed by atoms with van der Waals surface area (Å²) in [7, 11) is 2.06. The lowest BCUT2D eigenvalue weighted by Crippen LogP contribution is -2.53. The molecule has 0 amide bonds. The molecule has 1 aliphatic rings. The highest BCUT2D eigenvalue weighted by Gasteiger charge is 2.39. The van der Waals surface area contributed by atoms with E-state index in [9.17, 15) is 0 Å². The van der Waals surface area contributed by atoms with Crippen molar-refractivity contribution < 1.29 is 4.74 Å². The fraction of sp³-hybridized carbons (Fsp3) is 0.684. The van der Waals surface area contributed by atoms with E-state index in [-0.39, 0.29) is 6.10 Å². The topological polar surface area (TPSA) is 21.3 Å². The normalized spacial score (nSPS) is 26.3. The predicted molar refractivity (Wildman–Crippen MR) is 90.0 cm³/mol. The van der Waals surface area contributed by atoms with Gasteiger partial charge in [0, 0.05) is 6.04 Å². The summed E-state index contributed by atoms with van der Waals surface area (Å²) in [6.07, 6.45) is 5.08. The lowest BCUT2D eigenvalue weighted by molar-refractivity contribution is 0.0396. The lowest BCUT2D eigenvalue weighted by Gasteiger charge is -2.43. The molecule has 3 atom stereocenters. The van der Waals surface area contributed by atoms with Gasteiger partial charge >= 0.3 is 0 Å². The van der Waals surface area contributed by atoms with Gasteiger partial charge in [0.15, 0.2) is 0 Å². The van der Waals surface area contributed by atoms with E-state index in [4.69, 9.17) is 4.74 Å². The first kappa shape index (κ1) is 16.4. The van der Waals surface area contributed by atoms with Gasteiger partial charge in [-0.2, -0.15) is 0 Å². The number of ether oxygens (including phenoxy) is 1. The molecule has 0 saturated heterocycles. The number of hydrogen-bond acceptors (Lipinski definition) is 2. The Bertz CT molecular complexity index is 455. The molecule has 2 heteroatoms. The van der Waals surface area contributed by atoms with E-state index >= 15 is 0 Å². The predicted octanol–water partition coefficient (Wildman–Crippen LogP) is 4.75. The van der Waals surface area contributed by atoms with E-state index in [1.807, 2.05) is 0 Å². The minimum absolute atomic E-state index is 0.268. The molecule has 0 heterocycles. The zero-order chi connectivity index (χ0) is 15.5. The Morgan fingerprint density at radius 3 is 2.71 bits per heavy atom. The Morgan fingerprint density at radius 1 is 1.33 bits per heavy atom. The molecule has 1 saturated carbocycles. The third-order valence-electron chi connectivity index (χ3n) is 5.18. The van der Waals surface area contributed by atoms with Crippen LogP contribution in [0.25, 0.3) is 0 Å². The first-order valence-electron chi connectivity index (χ1n) is 8.42. The van der Waals surface area contributed by atoms with Crippen molar-refractivity contribution >= 4 is 0 Å². The van der Waals surface area contributed by atoms with E-state index in [1.54, 1.807) is 0 Å². The smallest absolute Gasteiger partial charge is 0.123 e. The highest BCUT2D eigenvalue weighted by molar-refractivity contribution is 5.36. The number of nitrogens with one attached hydrogen (secondary N) is 1. The van der Waals surface area contributed by atoms with Gasteiger partial charge < -0.3 is 10.1 Å². The number of rotatable bonds is 5. The molecule has 1 aromatic carbocycles. The van der Waals surface area contributed by atoms with Crippen LogP contribution in [0.4, 0.5) is 0 Å². The largest absolute Gasteiger partial charge is 0.488 e. The first-order chi connectivity index (χ1) is 9.99. The van der Waals surface area contributed by atoms with Crippen LogP contribution in [0.2, 0.25) is 0 Å². The van der Waals surface area contributed by atoms with Crippen molar-refractivity contribution in [3.63, 3.8) is 0 Å². The minimum Gasteiger partial charge on any atom is -0.488 e. The Kier molecular flexibility index (Phi) is 5.32. The lowest BCUT2D eigenvalue weighted by atomic mass is 9.72. The maximum absolute atomic E-state index is 6.49. The van der Waals surface area contributed by atoms with Crippen molar-refractivity contribution in [2.75, 3.05) is 7.05 Å². The van der Waals surface area contributed by atoms with Crippen LogP contribution in [0.3, 0.4) is 0 Å². The van der Waals surface area contributed by atoms with Gasteiger partial charge in [-0.1, -0.05) is 45.9 Å². The number of para-hydroxylation sites is 1. The van der Waals surface area contributed by atoms with Gasteiger partial charge in [0.1, 0.15) is 11.9 Å². The van der Waals surface area contributed by atoms with Crippen LogP contribution in [-0.4, -0.2) is 19.2 Å². The molecule has 2 nitrogen and oxygen atoms in total. The summed E-state index contributed by atoms with van der Waals surface area (Å²) in [5.74, 6) is 1.63. The summed E-state index contributed by atoms with van der Waals surface area (Å²) < 4.78 is 6.49. The van der Waals surface area contributed by atoms with Crippen LogP contribution in [0.1, 0.15) is 64.9 Å². The number of likely N-dealkylation sites (N-methyl/N-ethyl adjacent to an activating group) is 1. The Labute approximate surface area is 130 Å². The van der Waals surface area contributed by atoms with Crippen molar-refractivity contribution in [3.8, 4) is 5.75 Å². The zero-order valence-electron chi connectivity index (χ0n) is 14.3. The number of benzene rings is 1. The summed E-state index contributed by atoms with van der Waals surface area (Å²) in [6.45, 7) is 9.22. The SMILES string of the molecule is CCC(C)c1ccccc1OC1CCCC(C)(C)C1NC. The van der Waals surface area contributed by atoms with Gasteiger partial charge in [0.2, 0.25) is 0 Å². The Hall–Kier alpha value is -1.02. The van der Waals surface area contributed by atoms with Crippen LogP contribution in [0.5, 0.6) is 5.75 Å². The highest BCUT2D eigenvalue weighted by Crippen LogP contribution is 2.38. The van der Waals surface area contributed by atoms with Crippen LogP contribution in [-0.2, 0) is 0 Å². The Morgan fingerprint density at radius 2 is 2.05 bits per heavy atom.